The number of aryl methyl sites for hydroxylation is 1. The lowest BCUT2D eigenvalue weighted by Crippen LogP contribution is -2.38. The van der Waals surface area contributed by atoms with Crippen LogP contribution in [0.25, 0.3) is 5.57 Å². The highest BCUT2D eigenvalue weighted by atomic mass is 14.7. The first-order valence-electron chi connectivity index (χ1n) is 5.33. The van der Waals surface area contributed by atoms with Crippen LogP contribution in [0.15, 0.2) is 42.5 Å². The minimum Gasteiger partial charge on any atom is -0.321 e. The van der Waals surface area contributed by atoms with Crippen molar-refractivity contribution in [3.05, 3.63) is 53.6 Å². The third-order valence-electron chi connectivity index (χ3n) is 2.99. The number of hydrogen-bond donors (Lipinski definition) is 1. The van der Waals surface area contributed by atoms with Gasteiger partial charge in [-0.3, -0.25) is 0 Å². The molecular weight excluding hydrogens is 182 g/mol. The predicted octanol–water partition coefficient (Wildman–Crippen LogP) is 3.06. The highest BCUT2D eigenvalue weighted by Gasteiger charge is 2.25. The summed E-state index contributed by atoms with van der Waals surface area (Å²) in [6, 6.07) is 8.40. The van der Waals surface area contributed by atoms with Crippen molar-refractivity contribution in [1.82, 2.24) is 0 Å². The zero-order chi connectivity index (χ0) is 10.9. The van der Waals surface area contributed by atoms with E-state index in [-0.39, 0.29) is 5.54 Å². The molecule has 1 nitrogen and oxygen atoms in total. The number of benzene rings is 1. The third-order valence-corrected chi connectivity index (χ3v) is 2.99. The SMILES string of the molecule is Cc1ccccc1C1=CC=CCC1(C)N. The number of hydrogen-bond acceptors (Lipinski definition) is 1. The molecule has 0 saturated carbocycles. The predicted molar refractivity (Wildman–Crippen MR) is 65.5 cm³/mol. The Morgan fingerprint density at radius 1 is 1.27 bits per heavy atom. The van der Waals surface area contributed by atoms with Crippen molar-refractivity contribution < 1.29 is 0 Å². The van der Waals surface area contributed by atoms with Crippen LogP contribution in [-0.2, 0) is 0 Å². The van der Waals surface area contributed by atoms with E-state index >= 15 is 0 Å². The van der Waals surface area contributed by atoms with Crippen molar-refractivity contribution in [3.63, 3.8) is 0 Å². The lowest BCUT2D eigenvalue weighted by atomic mass is 9.80. The summed E-state index contributed by atoms with van der Waals surface area (Å²) in [6.45, 7) is 4.22. The zero-order valence-electron chi connectivity index (χ0n) is 9.33. The van der Waals surface area contributed by atoms with Crippen LogP contribution in [0.4, 0.5) is 0 Å². The second-order valence-corrected chi connectivity index (χ2v) is 4.45. The normalized spacial score (nSPS) is 25.1. The number of rotatable bonds is 1. The first kappa shape index (κ1) is 10.2. The van der Waals surface area contributed by atoms with Gasteiger partial charge in [-0.1, -0.05) is 42.5 Å². The van der Waals surface area contributed by atoms with Gasteiger partial charge in [-0.15, -0.1) is 0 Å². The molecule has 1 aromatic rings. The van der Waals surface area contributed by atoms with Crippen LogP contribution < -0.4 is 5.73 Å². The molecule has 15 heavy (non-hydrogen) atoms. The molecular formula is C14H17N. The molecule has 0 spiro atoms. The van der Waals surface area contributed by atoms with E-state index in [2.05, 4.69) is 56.3 Å². The molecule has 1 unspecified atom stereocenters. The fourth-order valence-electron chi connectivity index (χ4n) is 2.05. The molecule has 0 heterocycles. The summed E-state index contributed by atoms with van der Waals surface area (Å²) in [5.74, 6) is 0. The van der Waals surface area contributed by atoms with E-state index in [0.717, 1.165) is 6.42 Å². The minimum absolute atomic E-state index is 0.235. The quantitative estimate of drug-likeness (QED) is 0.739. The van der Waals surface area contributed by atoms with Crippen molar-refractivity contribution in [1.29, 1.82) is 0 Å². The Morgan fingerprint density at radius 2 is 2.00 bits per heavy atom. The first-order chi connectivity index (χ1) is 7.11. The van der Waals surface area contributed by atoms with Gasteiger partial charge in [-0.25, -0.2) is 0 Å². The van der Waals surface area contributed by atoms with Crippen LogP contribution in [0.1, 0.15) is 24.5 Å². The molecule has 2 rings (SSSR count). The summed E-state index contributed by atoms with van der Waals surface area (Å²) in [6.07, 6.45) is 7.26. The second kappa shape index (κ2) is 3.67. The lowest BCUT2D eigenvalue weighted by Gasteiger charge is -2.30. The third kappa shape index (κ3) is 1.88. The molecule has 0 saturated heterocycles. The van der Waals surface area contributed by atoms with Crippen molar-refractivity contribution in [2.45, 2.75) is 25.8 Å². The van der Waals surface area contributed by atoms with Gasteiger partial charge in [0.15, 0.2) is 0 Å². The van der Waals surface area contributed by atoms with Crippen molar-refractivity contribution in [2.75, 3.05) is 0 Å². The Kier molecular flexibility index (Phi) is 2.49. The highest BCUT2D eigenvalue weighted by molar-refractivity contribution is 5.77. The summed E-state index contributed by atoms with van der Waals surface area (Å²) in [4.78, 5) is 0. The minimum atomic E-state index is -0.235. The van der Waals surface area contributed by atoms with E-state index < -0.39 is 0 Å². The Bertz CT molecular complexity index is 425. The van der Waals surface area contributed by atoms with E-state index in [1.165, 1.54) is 16.7 Å². The summed E-state index contributed by atoms with van der Waals surface area (Å²) in [5.41, 5.74) is 9.87. The van der Waals surface area contributed by atoms with Crippen molar-refractivity contribution in [2.24, 2.45) is 5.73 Å². The molecule has 1 aliphatic carbocycles. The molecule has 0 fully saturated rings. The summed E-state index contributed by atoms with van der Waals surface area (Å²) in [7, 11) is 0. The van der Waals surface area contributed by atoms with E-state index in [0.29, 0.717) is 0 Å². The van der Waals surface area contributed by atoms with Crippen LogP contribution in [0.2, 0.25) is 0 Å². The monoisotopic (exact) mass is 199 g/mol. The first-order valence-corrected chi connectivity index (χ1v) is 5.33. The lowest BCUT2D eigenvalue weighted by molar-refractivity contribution is 0.609. The number of nitrogens with two attached hydrogens (primary N) is 1. The topological polar surface area (TPSA) is 26.0 Å². The molecule has 1 heteroatoms. The van der Waals surface area contributed by atoms with E-state index in [1.54, 1.807) is 0 Å². The van der Waals surface area contributed by atoms with Crippen molar-refractivity contribution in [3.8, 4) is 0 Å². The van der Waals surface area contributed by atoms with Gasteiger partial charge < -0.3 is 5.73 Å². The van der Waals surface area contributed by atoms with Gasteiger partial charge in [0.25, 0.3) is 0 Å². The molecule has 0 aliphatic heterocycles. The molecule has 1 aliphatic rings. The van der Waals surface area contributed by atoms with Gasteiger partial charge in [0.1, 0.15) is 0 Å². The van der Waals surface area contributed by atoms with Gasteiger partial charge in [0.05, 0.1) is 0 Å². The fourth-order valence-corrected chi connectivity index (χ4v) is 2.05. The van der Waals surface area contributed by atoms with Crippen LogP contribution in [0.5, 0.6) is 0 Å². The van der Waals surface area contributed by atoms with Crippen LogP contribution in [0, 0.1) is 6.92 Å². The van der Waals surface area contributed by atoms with E-state index in [4.69, 9.17) is 5.73 Å². The van der Waals surface area contributed by atoms with E-state index in [1.807, 2.05) is 0 Å². The maximum absolute atomic E-state index is 6.30. The molecule has 78 valence electrons. The average Bonchev–Trinajstić information content (AvgIpc) is 2.19. The highest BCUT2D eigenvalue weighted by Crippen LogP contribution is 2.32. The average molecular weight is 199 g/mol. The maximum atomic E-state index is 6.30. The maximum Gasteiger partial charge on any atom is 0.0422 e. The van der Waals surface area contributed by atoms with Gasteiger partial charge in [0, 0.05) is 5.54 Å². The molecule has 1 aromatic carbocycles. The standard InChI is InChI=1S/C14H17N/c1-11-7-3-4-8-12(11)13-9-5-6-10-14(13,2)15/h3-9H,10,15H2,1-2H3. The smallest absolute Gasteiger partial charge is 0.0422 e. The summed E-state index contributed by atoms with van der Waals surface area (Å²) in [5, 5.41) is 0. The molecule has 2 N–H and O–H groups in total. The molecule has 0 bridgehead atoms. The molecule has 0 amide bonds. The van der Waals surface area contributed by atoms with Gasteiger partial charge >= 0.3 is 0 Å². The Labute approximate surface area is 91.3 Å². The Balaban J connectivity index is 2.51. The molecule has 0 radical (unpaired) electrons. The van der Waals surface area contributed by atoms with Gasteiger partial charge in [-0.2, -0.15) is 0 Å². The number of allylic oxidation sites excluding steroid dienone is 2. The van der Waals surface area contributed by atoms with Crippen LogP contribution in [0.3, 0.4) is 0 Å². The Hall–Kier alpha value is -1.34. The van der Waals surface area contributed by atoms with Gasteiger partial charge in [-0.05, 0) is 37.0 Å². The van der Waals surface area contributed by atoms with E-state index in [9.17, 15) is 0 Å². The van der Waals surface area contributed by atoms with Crippen LogP contribution in [-0.4, -0.2) is 5.54 Å². The fraction of sp³-hybridized carbons (Fsp3) is 0.286. The van der Waals surface area contributed by atoms with Crippen LogP contribution >= 0.6 is 0 Å². The summed E-state index contributed by atoms with van der Waals surface area (Å²) < 4.78 is 0. The van der Waals surface area contributed by atoms with Crippen molar-refractivity contribution >= 4 is 5.57 Å². The molecule has 1 atom stereocenters. The second-order valence-electron chi connectivity index (χ2n) is 4.45. The molecule has 0 aromatic heterocycles. The Morgan fingerprint density at radius 3 is 2.67 bits per heavy atom. The zero-order valence-corrected chi connectivity index (χ0v) is 9.33. The largest absolute Gasteiger partial charge is 0.321 e. The summed E-state index contributed by atoms with van der Waals surface area (Å²) >= 11 is 0. The van der Waals surface area contributed by atoms with Gasteiger partial charge in [0.2, 0.25) is 0 Å².